The van der Waals surface area contributed by atoms with Crippen LogP contribution in [-0.2, 0) is 6.18 Å². The Bertz CT molecular complexity index is 1330. The number of hydrogen-bond acceptors (Lipinski definition) is 3. The van der Waals surface area contributed by atoms with Crippen molar-refractivity contribution < 1.29 is 22.7 Å². The van der Waals surface area contributed by atoms with E-state index >= 15 is 0 Å². The van der Waals surface area contributed by atoms with E-state index < -0.39 is 11.7 Å². The normalized spacial score (nSPS) is 13.7. The minimum absolute atomic E-state index is 0.112. The van der Waals surface area contributed by atoms with Crippen molar-refractivity contribution in [3.63, 3.8) is 0 Å². The first kappa shape index (κ1) is 22.0. The topological polar surface area (TPSA) is 67.0 Å². The summed E-state index contributed by atoms with van der Waals surface area (Å²) in [5, 5.41) is 2.96. The Kier molecular flexibility index (Phi) is 5.73. The summed E-state index contributed by atoms with van der Waals surface area (Å²) in [5.74, 6) is 1.26. The highest BCUT2D eigenvalue weighted by Gasteiger charge is 2.34. The molecular weight excluding hydrogens is 443 g/mol. The van der Waals surface area contributed by atoms with Gasteiger partial charge in [-0.15, -0.1) is 0 Å². The third-order valence-electron chi connectivity index (χ3n) is 5.83. The number of para-hydroxylation sites is 1. The van der Waals surface area contributed by atoms with Crippen LogP contribution in [0.4, 0.5) is 13.2 Å². The number of benzene rings is 3. The zero-order chi connectivity index (χ0) is 23.7. The summed E-state index contributed by atoms with van der Waals surface area (Å²) in [7, 11) is 0. The van der Waals surface area contributed by atoms with Crippen LogP contribution in [0.3, 0.4) is 0 Å². The Balaban J connectivity index is 1.31. The number of H-pyrrole nitrogens is 1. The molecule has 4 aromatic rings. The second kappa shape index (κ2) is 8.85. The van der Waals surface area contributed by atoms with Crippen LogP contribution in [-0.4, -0.2) is 22.4 Å². The highest BCUT2D eigenvalue weighted by Crippen LogP contribution is 2.38. The lowest BCUT2D eigenvalue weighted by Crippen LogP contribution is -2.24. The van der Waals surface area contributed by atoms with Crippen LogP contribution in [0.5, 0.6) is 11.5 Å². The first-order valence-electron chi connectivity index (χ1n) is 11.1. The molecule has 1 aliphatic carbocycles. The van der Waals surface area contributed by atoms with Crippen LogP contribution in [0.15, 0.2) is 66.7 Å². The average Bonchev–Trinajstić information content (AvgIpc) is 3.54. The van der Waals surface area contributed by atoms with Crippen LogP contribution in [0.2, 0.25) is 0 Å². The predicted molar refractivity (Wildman–Crippen MR) is 123 cm³/mol. The molecule has 34 heavy (non-hydrogen) atoms. The number of carbonyl (C=O) groups excluding carboxylic acids is 1. The molecule has 3 aromatic carbocycles. The number of fused-ring (bicyclic) bond motifs is 1. The summed E-state index contributed by atoms with van der Waals surface area (Å²) in [6.07, 6.45) is -0.971. The number of aromatic amines is 1. The molecule has 1 aliphatic rings. The third kappa shape index (κ3) is 4.90. The molecule has 1 amide bonds. The largest absolute Gasteiger partial charge is 0.457 e. The number of nitrogens with one attached hydrogen (secondary N) is 2. The monoisotopic (exact) mass is 465 g/mol. The van der Waals surface area contributed by atoms with E-state index in [0.717, 1.165) is 29.5 Å². The quantitative estimate of drug-likeness (QED) is 0.324. The minimum atomic E-state index is -4.50. The molecule has 0 aliphatic heterocycles. The van der Waals surface area contributed by atoms with Crippen molar-refractivity contribution >= 4 is 16.9 Å². The number of carbonyl (C=O) groups is 1. The van der Waals surface area contributed by atoms with E-state index in [1.807, 2.05) is 0 Å². The molecule has 0 bridgehead atoms. The van der Waals surface area contributed by atoms with Crippen molar-refractivity contribution in [2.24, 2.45) is 5.92 Å². The molecule has 2 N–H and O–H groups in total. The molecule has 1 fully saturated rings. The minimum Gasteiger partial charge on any atom is -0.457 e. The molecule has 0 unspecified atom stereocenters. The number of aromatic nitrogens is 2. The molecule has 1 heterocycles. The first-order chi connectivity index (χ1) is 16.4. The van der Waals surface area contributed by atoms with E-state index in [-0.39, 0.29) is 17.4 Å². The van der Waals surface area contributed by atoms with E-state index in [9.17, 15) is 18.0 Å². The number of nitrogens with zero attached hydrogens (tertiary/aromatic N) is 1. The van der Waals surface area contributed by atoms with Gasteiger partial charge in [0.2, 0.25) is 0 Å². The van der Waals surface area contributed by atoms with Gasteiger partial charge in [0.05, 0.1) is 16.6 Å². The van der Waals surface area contributed by atoms with E-state index in [1.54, 1.807) is 42.5 Å². The Morgan fingerprint density at radius 2 is 1.82 bits per heavy atom. The van der Waals surface area contributed by atoms with Crippen molar-refractivity contribution in [2.45, 2.75) is 25.4 Å². The zero-order valence-electron chi connectivity index (χ0n) is 18.2. The summed E-state index contributed by atoms with van der Waals surface area (Å²) in [5.41, 5.74) is 1.91. The molecule has 1 saturated carbocycles. The molecule has 1 aromatic heterocycles. The van der Waals surface area contributed by atoms with Crippen LogP contribution in [0.1, 0.15) is 35.2 Å². The van der Waals surface area contributed by atoms with Crippen molar-refractivity contribution in [1.29, 1.82) is 0 Å². The molecule has 0 radical (unpaired) electrons. The maximum Gasteiger partial charge on any atom is 0.419 e. The van der Waals surface area contributed by atoms with Gasteiger partial charge in [0.15, 0.2) is 0 Å². The van der Waals surface area contributed by atoms with Crippen LogP contribution < -0.4 is 10.1 Å². The highest BCUT2D eigenvalue weighted by molar-refractivity contribution is 5.97. The van der Waals surface area contributed by atoms with Gasteiger partial charge in [0.1, 0.15) is 17.3 Å². The number of ether oxygens (including phenoxy) is 1. The third-order valence-corrected chi connectivity index (χ3v) is 5.83. The number of amides is 1. The van der Waals surface area contributed by atoms with Gasteiger partial charge >= 0.3 is 6.18 Å². The molecule has 174 valence electrons. The summed E-state index contributed by atoms with van der Waals surface area (Å²) in [4.78, 5) is 20.2. The number of alkyl halides is 3. The fraction of sp³-hybridized carbons (Fsp3) is 0.231. The molecule has 8 heteroatoms. The highest BCUT2D eigenvalue weighted by atomic mass is 19.4. The van der Waals surface area contributed by atoms with E-state index in [2.05, 4.69) is 15.3 Å². The number of hydrogen-bond donors (Lipinski definition) is 2. The van der Waals surface area contributed by atoms with Gasteiger partial charge in [-0.1, -0.05) is 25.0 Å². The molecule has 5 rings (SSSR count). The summed E-state index contributed by atoms with van der Waals surface area (Å²) in [6.45, 7) is 0.678. The van der Waals surface area contributed by atoms with Crippen molar-refractivity contribution in [1.82, 2.24) is 15.3 Å². The zero-order valence-corrected chi connectivity index (χ0v) is 18.2. The smallest absolute Gasteiger partial charge is 0.419 e. The van der Waals surface area contributed by atoms with Gasteiger partial charge < -0.3 is 15.0 Å². The second-order valence-corrected chi connectivity index (χ2v) is 8.43. The molecule has 5 nitrogen and oxygen atoms in total. The van der Waals surface area contributed by atoms with E-state index in [4.69, 9.17) is 4.74 Å². The lowest BCUT2D eigenvalue weighted by atomic mass is 10.2. The molecule has 0 saturated heterocycles. The molecule has 0 spiro atoms. The second-order valence-electron chi connectivity index (χ2n) is 8.43. The standard InChI is InChI=1S/C26H22F3N3O2/c27-26(28,29)20-3-1-2-4-23(20)34-19-10-7-17(8-11-19)24-31-21-12-9-18(15-22(21)32-24)25(33)30-14-13-16-5-6-16/h1-4,7-12,15-16H,5-6,13-14H2,(H,30,33)(H,31,32). The van der Waals surface area contributed by atoms with Crippen molar-refractivity contribution in [3.8, 4) is 22.9 Å². The maximum absolute atomic E-state index is 13.2. The van der Waals surface area contributed by atoms with Gasteiger partial charge in [0.25, 0.3) is 5.91 Å². The van der Waals surface area contributed by atoms with Crippen LogP contribution in [0.25, 0.3) is 22.4 Å². The summed E-state index contributed by atoms with van der Waals surface area (Å²) in [6, 6.07) is 17.0. The van der Waals surface area contributed by atoms with Crippen LogP contribution in [0, 0.1) is 5.92 Å². The Morgan fingerprint density at radius 1 is 1.06 bits per heavy atom. The van der Waals surface area contributed by atoms with E-state index in [1.165, 1.54) is 31.0 Å². The van der Waals surface area contributed by atoms with Gasteiger partial charge in [-0.3, -0.25) is 4.79 Å². The maximum atomic E-state index is 13.2. The van der Waals surface area contributed by atoms with Crippen molar-refractivity contribution in [2.75, 3.05) is 6.54 Å². The molecule has 0 atom stereocenters. The fourth-order valence-corrected chi connectivity index (χ4v) is 3.78. The number of rotatable bonds is 7. The lowest BCUT2D eigenvalue weighted by Gasteiger charge is -2.13. The Morgan fingerprint density at radius 3 is 2.56 bits per heavy atom. The Hall–Kier alpha value is -3.81. The van der Waals surface area contributed by atoms with Gasteiger partial charge in [-0.25, -0.2) is 4.98 Å². The number of halogens is 3. The lowest BCUT2D eigenvalue weighted by molar-refractivity contribution is -0.138. The van der Waals surface area contributed by atoms with Gasteiger partial charge in [0, 0.05) is 17.7 Å². The Labute approximate surface area is 194 Å². The fourth-order valence-electron chi connectivity index (χ4n) is 3.78. The first-order valence-corrected chi connectivity index (χ1v) is 11.1. The van der Waals surface area contributed by atoms with Crippen molar-refractivity contribution in [3.05, 3.63) is 77.9 Å². The number of imidazole rings is 1. The molecular formula is C26H22F3N3O2. The predicted octanol–water partition coefficient (Wildman–Crippen LogP) is 6.57. The average molecular weight is 465 g/mol. The summed E-state index contributed by atoms with van der Waals surface area (Å²) >= 11 is 0. The summed E-state index contributed by atoms with van der Waals surface area (Å²) < 4.78 is 45.1. The van der Waals surface area contributed by atoms with Gasteiger partial charge in [-0.2, -0.15) is 13.2 Å². The van der Waals surface area contributed by atoms with E-state index in [0.29, 0.717) is 23.4 Å². The van der Waals surface area contributed by atoms with Gasteiger partial charge in [-0.05, 0) is 66.9 Å². The SMILES string of the molecule is O=C(NCCC1CC1)c1ccc2nc(-c3ccc(Oc4ccccc4C(F)(F)F)cc3)[nH]c2c1. The van der Waals surface area contributed by atoms with Crippen LogP contribution >= 0.6 is 0 Å².